The van der Waals surface area contributed by atoms with Crippen molar-refractivity contribution >= 4 is 0 Å². The Morgan fingerprint density at radius 1 is 1.31 bits per heavy atom. The van der Waals surface area contributed by atoms with Crippen LogP contribution in [0.25, 0.3) is 0 Å². The second-order valence-corrected chi connectivity index (χ2v) is 3.83. The third kappa shape index (κ3) is 2.70. The highest BCUT2D eigenvalue weighted by molar-refractivity contribution is 5.36. The van der Waals surface area contributed by atoms with Gasteiger partial charge in [0.05, 0.1) is 6.61 Å². The number of hydrogen-bond donors (Lipinski definition) is 0. The van der Waals surface area contributed by atoms with Crippen LogP contribution in [0.5, 0.6) is 5.75 Å². The van der Waals surface area contributed by atoms with Crippen LogP contribution in [0, 0.1) is 0 Å². The molecule has 0 saturated carbocycles. The molecule has 2 nitrogen and oxygen atoms in total. The lowest BCUT2D eigenvalue weighted by Gasteiger charge is -2.24. The standard InChI is InChI=1S/C12H14F2O2/c13-12(14)16-11-6-2-1-5-10(11)9-4-3-7-15-8-9/h1-2,5-6,9,12H,3-4,7-8H2. The first kappa shape index (κ1) is 11.3. The molecule has 0 aromatic heterocycles. The molecule has 0 amide bonds. The summed E-state index contributed by atoms with van der Waals surface area (Å²) in [5, 5.41) is 0. The van der Waals surface area contributed by atoms with Crippen LogP contribution in [0.2, 0.25) is 0 Å². The summed E-state index contributed by atoms with van der Waals surface area (Å²) in [5.74, 6) is 0.441. The van der Waals surface area contributed by atoms with E-state index in [1.165, 1.54) is 0 Å². The van der Waals surface area contributed by atoms with Crippen molar-refractivity contribution in [2.24, 2.45) is 0 Å². The van der Waals surface area contributed by atoms with Crippen molar-refractivity contribution in [3.05, 3.63) is 29.8 Å². The number of ether oxygens (including phenoxy) is 2. The number of hydrogen-bond acceptors (Lipinski definition) is 2. The molecule has 0 aliphatic carbocycles. The Morgan fingerprint density at radius 2 is 2.12 bits per heavy atom. The fourth-order valence-corrected chi connectivity index (χ4v) is 2.01. The number of para-hydroxylation sites is 1. The second-order valence-electron chi connectivity index (χ2n) is 3.83. The Bertz CT molecular complexity index is 336. The van der Waals surface area contributed by atoms with Gasteiger partial charge in [0, 0.05) is 12.5 Å². The van der Waals surface area contributed by atoms with Crippen molar-refractivity contribution < 1.29 is 18.3 Å². The lowest BCUT2D eigenvalue weighted by atomic mass is 9.93. The predicted octanol–water partition coefficient (Wildman–Crippen LogP) is 3.18. The number of alkyl halides is 2. The van der Waals surface area contributed by atoms with Crippen LogP contribution < -0.4 is 4.74 Å². The summed E-state index contributed by atoms with van der Waals surface area (Å²) in [6, 6.07) is 6.94. The van der Waals surface area contributed by atoms with E-state index in [9.17, 15) is 8.78 Å². The van der Waals surface area contributed by atoms with E-state index in [-0.39, 0.29) is 11.7 Å². The van der Waals surface area contributed by atoms with Gasteiger partial charge in [0.25, 0.3) is 0 Å². The molecule has 0 bridgehead atoms. The molecule has 1 saturated heterocycles. The van der Waals surface area contributed by atoms with Crippen molar-refractivity contribution in [1.29, 1.82) is 0 Å². The first-order valence-electron chi connectivity index (χ1n) is 5.39. The first-order valence-corrected chi connectivity index (χ1v) is 5.39. The van der Waals surface area contributed by atoms with Crippen LogP contribution >= 0.6 is 0 Å². The summed E-state index contributed by atoms with van der Waals surface area (Å²) in [6.45, 7) is -1.43. The van der Waals surface area contributed by atoms with Crippen molar-refractivity contribution in [3.63, 3.8) is 0 Å². The average molecular weight is 228 g/mol. The van der Waals surface area contributed by atoms with Crippen LogP contribution in [0.4, 0.5) is 8.78 Å². The van der Waals surface area contributed by atoms with Crippen LogP contribution in [-0.4, -0.2) is 19.8 Å². The topological polar surface area (TPSA) is 18.5 Å². The van der Waals surface area contributed by atoms with Crippen LogP contribution in [-0.2, 0) is 4.74 Å². The highest BCUT2D eigenvalue weighted by Crippen LogP contribution is 2.32. The molecule has 1 aliphatic rings. The molecular formula is C12H14F2O2. The van der Waals surface area contributed by atoms with Gasteiger partial charge in [-0.3, -0.25) is 0 Å². The monoisotopic (exact) mass is 228 g/mol. The Morgan fingerprint density at radius 3 is 2.81 bits per heavy atom. The summed E-state index contributed by atoms with van der Waals surface area (Å²) in [7, 11) is 0. The minimum Gasteiger partial charge on any atom is -0.435 e. The Hall–Kier alpha value is -1.16. The van der Waals surface area contributed by atoms with Gasteiger partial charge in [-0.1, -0.05) is 18.2 Å². The van der Waals surface area contributed by atoms with E-state index < -0.39 is 6.61 Å². The zero-order valence-corrected chi connectivity index (χ0v) is 8.86. The third-order valence-corrected chi connectivity index (χ3v) is 2.74. The first-order chi connectivity index (χ1) is 7.77. The summed E-state index contributed by atoms with van der Waals surface area (Å²) in [4.78, 5) is 0. The molecule has 2 rings (SSSR count). The van der Waals surface area contributed by atoms with E-state index in [2.05, 4.69) is 4.74 Å². The van der Waals surface area contributed by atoms with E-state index in [4.69, 9.17) is 4.74 Å². The highest BCUT2D eigenvalue weighted by atomic mass is 19.3. The van der Waals surface area contributed by atoms with Crippen molar-refractivity contribution in [2.75, 3.05) is 13.2 Å². The Kier molecular flexibility index (Phi) is 3.72. The number of halogens is 2. The van der Waals surface area contributed by atoms with Gasteiger partial charge in [-0.05, 0) is 24.5 Å². The molecule has 4 heteroatoms. The quantitative estimate of drug-likeness (QED) is 0.791. The van der Waals surface area contributed by atoms with E-state index in [1.807, 2.05) is 12.1 Å². The summed E-state index contributed by atoms with van der Waals surface area (Å²) in [6.07, 6.45) is 1.93. The van der Waals surface area contributed by atoms with Crippen LogP contribution in [0.3, 0.4) is 0 Å². The second kappa shape index (κ2) is 5.25. The molecule has 1 aliphatic heterocycles. The molecular weight excluding hydrogens is 214 g/mol. The maximum atomic E-state index is 12.2. The fourth-order valence-electron chi connectivity index (χ4n) is 2.01. The van der Waals surface area contributed by atoms with Gasteiger partial charge < -0.3 is 9.47 Å². The predicted molar refractivity (Wildman–Crippen MR) is 55.9 cm³/mol. The molecule has 1 aromatic carbocycles. The highest BCUT2D eigenvalue weighted by Gasteiger charge is 2.20. The molecule has 0 spiro atoms. The van der Waals surface area contributed by atoms with Crippen molar-refractivity contribution in [3.8, 4) is 5.75 Å². The summed E-state index contributed by atoms with van der Waals surface area (Å²) in [5.41, 5.74) is 0.822. The Balaban J connectivity index is 2.17. The molecule has 0 N–H and O–H groups in total. The van der Waals surface area contributed by atoms with Gasteiger partial charge in [0.1, 0.15) is 5.75 Å². The van der Waals surface area contributed by atoms with E-state index in [0.717, 1.165) is 25.0 Å². The van der Waals surface area contributed by atoms with Gasteiger partial charge in [-0.15, -0.1) is 0 Å². The van der Waals surface area contributed by atoms with Gasteiger partial charge in [0.2, 0.25) is 0 Å². The molecule has 1 unspecified atom stereocenters. The van der Waals surface area contributed by atoms with Gasteiger partial charge in [-0.25, -0.2) is 0 Å². The van der Waals surface area contributed by atoms with Crippen molar-refractivity contribution in [2.45, 2.75) is 25.4 Å². The maximum Gasteiger partial charge on any atom is 0.387 e. The van der Waals surface area contributed by atoms with Crippen molar-refractivity contribution in [1.82, 2.24) is 0 Å². The zero-order chi connectivity index (χ0) is 11.4. The Labute approximate surface area is 93.2 Å². The van der Waals surface area contributed by atoms with E-state index in [1.54, 1.807) is 12.1 Å². The average Bonchev–Trinajstić information content (AvgIpc) is 2.30. The normalized spacial score (nSPS) is 21.1. The van der Waals surface area contributed by atoms with E-state index in [0.29, 0.717) is 6.61 Å². The van der Waals surface area contributed by atoms with Gasteiger partial charge >= 0.3 is 6.61 Å². The smallest absolute Gasteiger partial charge is 0.387 e. The molecule has 1 aromatic rings. The van der Waals surface area contributed by atoms with Crippen LogP contribution in [0.15, 0.2) is 24.3 Å². The minimum absolute atomic E-state index is 0.170. The SMILES string of the molecule is FC(F)Oc1ccccc1C1CCCOC1. The molecule has 1 atom stereocenters. The minimum atomic E-state index is -2.77. The molecule has 88 valence electrons. The largest absolute Gasteiger partial charge is 0.435 e. The molecule has 1 fully saturated rings. The van der Waals surface area contributed by atoms with Gasteiger partial charge in [-0.2, -0.15) is 8.78 Å². The molecule has 16 heavy (non-hydrogen) atoms. The van der Waals surface area contributed by atoms with E-state index >= 15 is 0 Å². The van der Waals surface area contributed by atoms with Crippen LogP contribution in [0.1, 0.15) is 24.3 Å². The summed E-state index contributed by atoms with van der Waals surface area (Å²) < 4.78 is 34.3. The molecule has 0 radical (unpaired) electrons. The number of benzene rings is 1. The zero-order valence-electron chi connectivity index (χ0n) is 8.86. The molecule has 1 heterocycles. The lowest BCUT2D eigenvalue weighted by molar-refractivity contribution is -0.0511. The number of rotatable bonds is 3. The maximum absolute atomic E-state index is 12.2. The fraction of sp³-hybridized carbons (Fsp3) is 0.500. The third-order valence-electron chi connectivity index (χ3n) is 2.74. The van der Waals surface area contributed by atoms with Gasteiger partial charge in [0.15, 0.2) is 0 Å². The summed E-state index contributed by atoms with van der Waals surface area (Å²) >= 11 is 0. The lowest BCUT2D eigenvalue weighted by Crippen LogP contribution is -2.17.